The van der Waals surface area contributed by atoms with Crippen LogP contribution in [-0.2, 0) is 0 Å². The predicted octanol–water partition coefficient (Wildman–Crippen LogP) is 5.41. The standard InChI is InChI=1S/C17H24ClN3.2C2H6/c1-11-8-13(9-12(2)21-11)10-16(19)14-6-4-5-7-15(14)17(18)20-3;2*1-2/h4-9,11,16-17,20-21H,10,19H2,1-3H3;2*1-2H3. The molecule has 1 heterocycles. The van der Waals surface area contributed by atoms with Crippen LogP contribution in [0, 0.1) is 0 Å². The van der Waals surface area contributed by atoms with E-state index in [1.54, 1.807) is 0 Å². The van der Waals surface area contributed by atoms with Crippen LogP contribution in [0.1, 0.15) is 70.6 Å². The summed E-state index contributed by atoms with van der Waals surface area (Å²) in [5.41, 5.74) is 10.8. The first-order valence-electron chi connectivity index (χ1n) is 9.32. The van der Waals surface area contributed by atoms with E-state index in [1.165, 1.54) is 11.3 Å². The van der Waals surface area contributed by atoms with E-state index in [-0.39, 0.29) is 11.5 Å². The van der Waals surface area contributed by atoms with Gasteiger partial charge in [-0.05, 0) is 50.1 Å². The fraction of sp³-hybridized carbons (Fsp3) is 0.524. The first kappa shape index (κ1) is 23.7. The molecule has 142 valence electrons. The van der Waals surface area contributed by atoms with Gasteiger partial charge in [0.15, 0.2) is 0 Å². The molecule has 2 rings (SSSR count). The van der Waals surface area contributed by atoms with Crippen LogP contribution in [0.5, 0.6) is 0 Å². The van der Waals surface area contributed by atoms with Gasteiger partial charge in [0.25, 0.3) is 0 Å². The number of halogens is 1. The summed E-state index contributed by atoms with van der Waals surface area (Å²) >= 11 is 6.33. The summed E-state index contributed by atoms with van der Waals surface area (Å²) in [5.74, 6) is 0. The summed E-state index contributed by atoms with van der Waals surface area (Å²) in [4.78, 5) is 0. The van der Waals surface area contributed by atoms with Gasteiger partial charge in [-0.3, -0.25) is 0 Å². The summed E-state index contributed by atoms with van der Waals surface area (Å²) in [5, 5.41) is 6.44. The number of dihydropyridines is 1. The second-order valence-corrected chi connectivity index (χ2v) is 6.03. The van der Waals surface area contributed by atoms with Gasteiger partial charge in [-0.2, -0.15) is 0 Å². The van der Waals surface area contributed by atoms with Crippen LogP contribution in [0.4, 0.5) is 0 Å². The molecule has 25 heavy (non-hydrogen) atoms. The molecule has 0 aliphatic carbocycles. The molecule has 0 aromatic heterocycles. The smallest absolute Gasteiger partial charge is 0.108 e. The van der Waals surface area contributed by atoms with Crippen molar-refractivity contribution >= 4 is 11.6 Å². The van der Waals surface area contributed by atoms with Crippen LogP contribution in [0.3, 0.4) is 0 Å². The van der Waals surface area contributed by atoms with Crippen LogP contribution in [0.2, 0.25) is 0 Å². The summed E-state index contributed by atoms with van der Waals surface area (Å²) in [6, 6.07) is 8.40. The highest BCUT2D eigenvalue weighted by atomic mass is 35.5. The Morgan fingerprint density at radius 2 is 1.72 bits per heavy atom. The zero-order valence-electron chi connectivity index (χ0n) is 16.9. The fourth-order valence-corrected chi connectivity index (χ4v) is 3.01. The number of nitrogens with one attached hydrogen (secondary N) is 2. The molecule has 0 fully saturated rings. The number of alkyl halides is 1. The van der Waals surface area contributed by atoms with Gasteiger partial charge in [0, 0.05) is 17.8 Å². The van der Waals surface area contributed by atoms with Gasteiger partial charge in [-0.25, -0.2) is 0 Å². The summed E-state index contributed by atoms with van der Waals surface area (Å²) < 4.78 is 0. The van der Waals surface area contributed by atoms with Crippen molar-refractivity contribution < 1.29 is 0 Å². The lowest BCUT2D eigenvalue weighted by atomic mass is 9.93. The van der Waals surface area contributed by atoms with E-state index in [4.69, 9.17) is 17.3 Å². The molecule has 0 bridgehead atoms. The molecule has 0 spiro atoms. The molecular formula is C21H36ClN3. The highest BCUT2D eigenvalue weighted by Gasteiger charge is 2.17. The molecule has 1 aromatic rings. The second kappa shape index (κ2) is 13.0. The van der Waals surface area contributed by atoms with Crippen LogP contribution in [0.25, 0.3) is 0 Å². The zero-order chi connectivity index (χ0) is 19.4. The topological polar surface area (TPSA) is 50.1 Å². The summed E-state index contributed by atoms with van der Waals surface area (Å²) in [6.45, 7) is 12.2. The third-order valence-electron chi connectivity index (χ3n) is 3.70. The SMILES string of the molecule is CC.CC.CNC(Cl)c1ccccc1C(N)CC1=CC(C)NC(C)=C1. The summed E-state index contributed by atoms with van der Waals surface area (Å²) in [6.07, 6.45) is 5.21. The molecule has 0 saturated carbocycles. The highest BCUT2D eigenvalue weighted by Crippen LogP contribution is 2.29. The number of benzene rings is 1. The molecule has 3 unspecified atom stereocenters. The van der Waals surface area contributed by atoms with E-state index in [1.807, 2.05) is 52.9 Å². The third kappa shape index (κ3) is 7.64. The minimum absolute atomic E-state index is 0.0589. The first-order chi connectivity index (χ1) is 12.0. The Hall–Kier alpha value is -1.29. The number of rotatable bonds is 5. The van der Waals surface area contributed by atoms with E-state index in [9.17, 15) is 0 Å². The maximum Gasteiger partial charge on any atom is 0.108 e. The van der Waals surface area contributed by atoms with Crippen molar-refractivity contribution in [2.24, 2.45) is 5.73 Å². The van der Waals surface area contributed by atoms with Gasteiger partial charge >= 0.3 is 0 Å². The van der Waals surface area contributed by atoms with E-state index in [2.05, 4.69) is 42.7 Å². The summed E-state index contributed by atoms with van der Waals surface area (Å²) in [7, 11) is 1.85. The molecule has 3 nitrogen and oxygen atoms in total. The minimum atomic E-state index is -0.217. The van der Waals surface area contributed by atoms with Gasteiger partial charge in [-0.15, -0.1) is 11.6 Å². The van der Waals surface area contributed by atoms with Crippen molar-refractivity contribution in [3.63, 3.8) is 0 Å². The van der Waals surface area contributed by atoms with E-state index in [0.29, 0.717) is 6.04 Å². The Labute approximate surface area is 159 Å². The average Bonchev–Trinajstić information content (AvgIpc) is 2.63. The molecule has 0 amide bonds. The van der Waals surface area contributed by atoms with E-state index < -0.39 is 0 Å². The van der Waals surface area contributed by atoms with Crippen molar-refractivity contribution in [1.82, 2.24) is 10.6 Å². The van der Waals surface area contributed by atoms with Crippen LogP contribution < -0.4 is 16.4 Å². The predicted molar refractivity (Wildman–Crippen MR) is 113 cm³/mol. The van der Waals surface area contributed by atoms with Gasteiger partial charge in [-0.1, -0.05) is 58.0 Å². The first-order valence-corrected chi connectivity index (χ1v) is 9.76. The molecule has 1 aromatic carbocycles. The number of hydrogen-bond acceptors (Lipinski definition) is 3. The van der Waals surface area contributed by atoms with Crippen molar-refractivity contribution in [2.45, 2.75) is 65.5 Å². The van der Waals surface area contributed by atoms with Crippen LogP contribution >= 0.6 is 11.6 Å². The Balaban J connectivity index is 0.00000134. The Bertz CT molecular complexity index is 552. The van der Waals surface area contributed by atoms with E-state index in [0.717, 1.165) is 17.5 Å². The molecule has 1 aliphatic rings. The zero-order valence-corrected chi connectivity index (χ0v) is 17.6. The maximum absolute atomic E-state index is 6.43. The molecule has 4 N–H and O–H groups in total. The molecule has 0 radical (unpaired) electrons. The normalized spacial score (nSPS) is 18.2. The van der Waals surface area contributed by atoms with Gasteiger partial charge < -0.3 is 16.4 Å². The molecule has 1 aliphatic heterocycles. The molecular weight excluding hydrogens is 330 g/mol. The Kier molecular flexibility index (Phi) is 12.3. The minimum Gasteiger partial charge on any atom is -0.383 e. The average molecular weight is 366 g/mol. The van der Waals surface area contributed by atoms with Crippen LogP contribution in [0.15, 0.2) is 47.7 Å². The van der Waals surface area contributed by atoms with Gasteiger partial charge in [0.2, 0.25) is 0 Å². The van der Waals surface area contributed by atoms with Gasteiger partial charge in [0.1, 0.15) is 5.50 Å². The van der Waals surface area contributed by atoms with Crippen molar-refractivity contribution in [1.29, 1.82) is 0 Å². The third-order valence-corrected chi connectivity index (χ3v) is 4.15. The Morgan fingerprint density at radius 1 is 1.16 bits per heavy atom. The number of allylic oxidation sites excluding steroid dienone is 2. The van der Waals surface area contributed by atoms with E-state index >= 15 is 0 Å². The monoisotopic (exact) mass is 365 g/mol. The molecule has 4 heteroatoms. The number of hydrogen-bond donors (Lipinski definition) is 3. The van der Waals surface area contributed by atoms with Crippen molar-refractivity contribution in [3.05, 3.63) is 58.8 Å². The number of nitrogens with two attached hydrogens (primary N) is 1. The van der Waals surface area contributed by atoms with Crippen molar-refractivity contribution in [2.75, 3.05) is 7.05 Å². The molecule has 3 atom stereocenters. The molecule has 0 saturated heterocycles. The van der Waals surface area contributed by atoms with Crippen LogP contribution in [-0.4, -0.2) is 13.1 Å². The largest absolute Gasteiger partial charge is 0.383 e. The second-order valence-electron chi connectivity index (χ2n) is 5.59. The highest BCUT2D eigenvalue weighted by molar-refractivity contribution is 6.20. The van der Waals surface area contributed by atoms with Crippen molar-refractivity contribution in [3.8, 4) is 0 Å². The Morgan fingerprint density at radius 3 is 2.24 bits per heavy atom. The lowest BCUT2D eigenvalue weighted by Gasteiger charge is -2.23. The maximum atomic E-state index is 6.43. The van der Waals surface area contributed by atoms with Gasteiger partial charge in [0.05, 0.1) is 0 Å². The fourth-order valence-electron chi connectivity index (χ4n) is 2.82. The lowest BCUT2D eigenvalue weighted by molar-refractivity contribution is 0.663. The quantitative estimate of drug-likeness (QED) is 0.483. The lowest BCUT2D eigenvalue weighted by Crippen LogP contribution is -2.26.